The smallest absolute Gasteiger partial charge is 0.314 e. The summed E-state index contributed by atoms with van der Waals surface area (Å²) in [7, 11) is -7.41. The van der Waals surface area contributed by atoms with Gasteiger partial charge in [0.2, 0.25) is 20.0 Å². The Morgan fingerprint density at radius 3 is 1.19 bits per heavy atom. The molecule has 6 N–H and O–H groups in total. The minimum atomic E-state index is -3.70. The molecule has 0 spiro atoms. The van der Waals surface area contributed by atoms with Gasteiger partial charge in [0.05, 0.1) is 62.6 Å². The number of benzene rings is 4. The van der Waals surface area contributed by atoms with Crippen molar-refractivity contribution < 1.29 is 54.8 Å². The number of aryl methyl sites for hydroxylation is 2. The number of hydrogen-bond acceptors (Lipinski definition) is 12. The van der Waals surface area contributed by atoms with E-state index in [1.807, 2.05) is 24.3 Å². The molecule has 0 saturated carbocycles. The zero-order valence-electron chi connectivity index (χ0n) is 38.2. The van der Waals surface area contributed by atoms with E-state index in [4.69, 9.17) is 28.4 Å². The molecule has 0 aliphatic heterocycles. The zero-order chi connectivity index (χ0) is 47.9. The number of carbonyl (C=O) groups is 2. The number of sulfonamides is 2. The lowest BCUT2D eigenvalue weighted by atomic mass is 10.1. The SMILES string of the molecule is O=C(NCCCCNC(=O)NCCOCCOCCNS(=O)(=O)c1ccc(OC2CCc3ccccc32)cc1)NCCOCCOCCNS(=O)(=O)c1ccc(OC2CCc3ccccc32)cc1. The molecule has 4 aromatic carbocycles. The van der Waals surface area contributed by atoms with Crippen LogP contribution in [0.4, 0.5) is 9.59 Å². The van der Waals surface area contributed by atoms with E-state index in [-0.39, 0.29) is 100 Å². The zero-order valence-corrected chi connectivity index (χ0v) is 39.9. The van der Waals surface area contributed by atoms with Gasteiger partial charge >= 0.3 is 12.1 Å². The Kier molecular flexibility index (Phi) is 21.1. The summed E-state index contributed by atoms with van der Waals surface area (Å²) >= 11 is 0. The predicted molar refractivity (Wildman–Crippen MR) is 255 cm³/mol. The number of rotatable bonds is 31. The molecule has 2 unspecified atom stereocenters. The van der Waals surface area contributed by atoms with Crippen molar-refractivity contribution in [1.29, 1.82) is 0 Å². The highest BCUT2D eigenvalue weighted by Gasteiger charge is 2.25. The Balaban J connectivity index is 0.662. The molecular weight excluding hydrogens is 917 g/mol. The second-order valence-electron chi connectivity index (χ2n) is 15.9. The molecule has 0 saturated heterocycles. The van der Waals surface area contributed by atoms with Crippen molar-refractivity contribution in [3.05, 3.63) is 119 Å². The van der Waals surface area contributed by atoms with Crippen LogP contribution in [-0.2, 0) is 51.8 Å². The number of fused-ring (bicyclic) bond motifs is 2. The van der Waals surface area contributed by atoms with Crippen molar-refractivity contribution in [2.45, 2.75) is 60.5 Å². The van der Waals surface area contributed by atoms with E-state index in [2.05, 4.69) is 55.0 Å². The molecule has 4 aromatic rings. The molecule has 0 heterocycles. The first-order chi connectivity index (χ1) is 33.1. The van der Waals surface area contributed by atoms with Gasteiger partial charge in [-0.05, 0) is 109 Å². The highest BCUT2D eigenvalue weighted by molar-refractivity contribution is 7.89. The summed E-state index contributed by atoms with van der Waals surface area (Å²) in [4.78, 5) is 24.3. The van der Waals surface area contributed by atoms with Crippen molar-refractivity contribution in [3.63, 3.8) is 0 Å². The van der Waals surface area contributed by atoms with Crippen LogP contribution in [0.2, 0.25) is 0 Å². The second kappa shape index (κ2) is 27.6. The largest absolute Gasteiger partial charge is 0.486 e. The Morgan fingerprint density at radius 1 is 0.441 bits per heavy atom. The van der Waals surface area contributed by atoms with Crippen LogP contribution >= 0.6 is 0 Å². The summed E-state index contributed by atoms with van der Waals surface area (Å²) in [5.74, 6) is 1.24. The molecule has 2 aliphatic carbocycles. The van der Waals surface area contributed by atoms with Gasteiger partial charge in [-0.1, -0.05) is 48.5 Å². The van der Waals surface area contributed by atoms with Crippen molar-refractivity contribution in [2.75, 3.05) is 92.1 Å². The summed E-state index contributed by atoms with van der Waals surface area (Å²) in [6, 6.07) is 28.5. The fraction of sp³-hybridized carbons (Fsp3) is 0.458. The maximum absolute atomic E-state index is 12.7. The van der Waals surface area contributed by atoms with Crippen molar-refractivity contribution >= 4 is 32.1 Å². The van der Waals surface area contributed by atoms with Gasteiger partial charge < -0.3 is 49.7 Å². The average molecular weight is 981 g/mol. The number of urea groups is 2. The van der Waals surface area contributed by atoms with Crippen molar-refractivity contribution in [3.8, 4) is 11.5 Å². The van der Waals surface area contributed by atoms with E-state index in [0.29, 0.717) is 50.5 Å². The fourth-order valence-electron chi connectivity index (χ4n) is 7.56. The van der Waals surface area contributed by atoms with Crippen LogP contribution in [0, 0.1) is 0 Å². The van der Waals surface area contributed by atoms with Crippen molar-refractivity contribution in [1.82, 2.24) is 30.7 Å². The van der Waals surface area contributed by atoms with E-state index in [1.54, 1.807) is 24.3 Å². The summed E-state index contributed by atoms with van der Waals surface area (Å²) in [5, 5.41) is 10.9. The van der Waals surface area contributed by atoms with Crippen LogP contribution < -0.4 is 40.2 Å². The Labute approximate surface area is 399 Å². The number of ether oxygens (including phenoxy) is 6. The number of nitrogens with one attached hydrogen (secondary N) is 6. The van der Waals surface area contributed by atoms with Crippen LogP contribution in [0.25, 0.3) is 0 Å². The molecule has 0 aromatic heterocycles. The average Bonchev–Trinajstić information content (AvgIpc) is 3.95. The monoisotopic (exact) mass is 980 g/mol. The molecule has 370 valence electrons. The van der Waals surface area contributed by atoms with Gasteiger partial charge in [0, 0.05) is 39.3 Å². The van der Waals surface area contributed by atoms with E-state index in [1.165, 1.54) is 46.5 Å². The van der Waals surface area contributed by atoms with Gasteiger partial charge in [-0.3, -0.25) is 0 Å². The number of amides is 4. The third-order valence-corrected chi connectivity index (χ3v) is 14.0. The van der Waals surface area contributed by atoms with E-state index >= 15 is 0 Å². The number of carbonyl (C=O) groups excluding carboxylic acids is 2. The van der Waals surface area contributed by atoms with E-state index in [9.17, 15) is 26.4 Å². The third kappa shape index (κ3) is 17.3. The Hall–Kier alpha value is -5.32. The summed E-state index contributed by atoms with van der Waals surface area (Å²) in [6.45, 7) is 3.69. The van der Waals surface area contributed by atoms with Crippen LogP contribution in [0.5, 0.6) is 11.5 Å². The van der Waals surface area contributed by atoms with Crippen LogP contribution in [0.1, 0.15) is 60.1 Å². The van der Waals surface area contributed by atoms with E-state index < -0.39 is 20.0 Å². The van der Waals surface area contributed by atoms with E-state index in [0.717, 1.165) is 25.7 Å². The number of unbranched alkanes of at least 4 members (excludes halogenated alkanes) is 1. The Morgan fingerprint density at radius 2 is 0.794 bits per heavy atom. The predicted octanol–water partition coefficient (Wildman–Crippen LogP) is 4.52. The number of hydrogen-bond donors (Lipinski definition) is 6. The van der Waals surface area contributed by atoms with Gasteiger partial charge in [-0.15, -0.1) is 0 Å². The molecule has 0 radical (unpaired) electrons. The van der Waals surface area contributed by atoms with Gasteiger partial charge in [-0.2, -0.15) is 0 Å². The first-order valence-corrected chi connectivity index (χ1v) is 26.1. The second-order valence-corrected chi connectivity index (χ2v) is 19.5. The molecular formula is C48H64N6O12S2. The lowest BCUT2D eigenvalue weighted by molar-refractivity contribution is 0.0516. The maximum Gasteiger partial charge on any atom is 0.314 e. The Bertz CT molecular complexity index is 2230. The molecule has 68 heavy (non-hydrogen) atoms. The molecule has 6 rings (SSSR count). The molecule has 0 fully saturated rings. The highest BCUT2D eigenvalue weighted by Crippen LogP contribution is 2.36. The minimum Gasteiger partial charge on any atom is -0.486 e. The quantitative estimate of drug-likeness (QED) is 0.0383. The maximum atomic E-state index is 12.7. The molecule has 4 amide bonds. The summed E-state index contributed by atoms with van der Waals surface area (Å²) in [5.41, 5.74) is 4.92. The van der Waals surface area contributed by atoms with Gasteiger partial charge in [0.25, 0.3) is 0 Å². The van der Waals surface area contributed by atoms with Crippen LogP contribution in [0.3, 0.4) is 0 Å². The fourth-order valence-corrected chi connectivity index (χ4v) is 9.59. The van der Waals surface area contributed by atoms with Crippen LogP contribution in [-0.4, -0.2) is 121 Å². The highest BCUT2D eigenvalue weighted by atomic mass is 32.2. The molecule has 20 heteroatoms. The first-order valence-electron chi connectivity index (χ1n) is 23.1. The lowest BCUT2D eigenvalue weighted by Crippen LogP contribution is -2.39. The first kappa shape index (κ1) is 52.1. The minimum absolute atomic E-state index is 0.0372. The molecule has 2 aliphatic rings. The molecule has 18 nitrogen and oxygen atoms in total. The summed E-state index contributed by atoms with van der Waals surface area (Å²) in [6.07, 6.45) is 4.96. The van der Waals surface area contributed by atoms with Crippen LogP contribution in [0.15, 0.2) is 107 Å². The normalized spacial score (nSPS) is 15.3. The topological polar surface area (TPSA) is 230 Å². The lowest BCUT2D eigenvalue weighted by Gasteiger charge is -2.15. The third-order valence-electron chi connectivity index (χ3n) is 11.0. The summed E-state index contributed by atoms with van der Waals surface area (Å²) < 4.78 is 90.0. The molecule has 0 bridgehead atoms. The van der Waals surface area contributed by atoms with Gasteiger partial charge in [0.1, 0.15) is 23.7 Å². The molecule has 2 atom stereocenters. The van der Waals surface area contributed by atoms with Gasteiger partial charge in [-0.25, -0.2) is 35.9 Å². The van der Waals surface area contributed by atoms with Gasteiger partial charge in [0.15, 0.2) is 0 Å². The standard InChI is InChI=1S/C48H64N6O12S2/c55-47(51-25-29-61-33-35-63-31-27-53-67(57,58)41-17-13-39(14-18-41)65-45-21-11-37-7-1-3-9-43(37)45)49-23-5-6-24-50-48(56)52-26-30-62-34-36-64-32-28-54-68(59,60)42-19-15-40(16-20-42)66-46-22-12-38-8-2-4-10-44(38)46/h1-4,7-10,13-20,45-46,53-54H,5-6,11-12,21-36H2,(H2,49,51,55)(H2,50,52,56). The van der Waals surface area contributed by atoms with Crippen molar-refractivity contribution in [2.24, 2.45) is 0 Å².